The van der Waals surface area contributed by atoms with Gasteiger partial charge in [-0.3, -0.25) is 13.9 Å². The van der Waals surface area contributed by atoms with Gasteiger partial charge in [0, 0.05) is 25.6 Å². The van der Waals surface area contributed by atoms with Gasteiger partial charge in [0.05, 0.1) is 11.9 Å². The zero-order chi connectivity index (χ0) is 27.7. The van der Waals surface area contributed by atoms with Gasteiger partial charge in [-0.2, -0.15) is 0 Å². The molecule has 1 aliphatic rings. The van der Waals surface area contributed by atoms with Gasteiger partial charge in [0.2, 0.25) is 21.8 Å². The molecule has 1 fully saturated rings. The van der Waals surface area contributed by atoms with Crippen molar-refractivity contribution in [3.63, 3.8) is 0 Å². The van der Waals surface area contributed by atoms with E-state index in [4.69, 9.17) is 0 Å². The van der Waals surface area contributed by atoms with E-state index in [2.05, 4.69) is 5.32 Å². The van der Waals surface area contributed by atoms with Gasteiger partial charge in [0.1, 0.15) is 6.04 Å². The van der Waals surface area contributed by atoms with Crippen LogP contribution in [0.4, 0.5) is 5.69 Å². The number of sulfonamides is 1. The summed E-state index contributed by atoms with van der Waals surface area (Å²) in [6.07, 6.45) is 7.94. The second-order valence-corrected chi connectivity index (χ2v) is 12.3. The molecule has 0 radical (unpaired) electrons. The van der Waals surface area contributed by atoms with Crippen LogP contribution in [0.3, 0.4) is 0 Å². The normalized spacial score (nSPS) is 15.1. The molecule has 208 valence electrons. The molecular formula is C30H43N3O4S. The predicted molar refractivity (Wildman–Crippen MR) is 153 cm³/mol. The molecule has 0 spiro atoms. The monoisotopic (exact) mass is 541 g/mol. The summed E-state index contributed by atoms with van der Waals surface area (Å²) < 4.78 is 26.4. The van der Waals surface area contributed by atoms with Gasteiger partial charge in [0.15, 0.2) is 0 Å². The van der Waals surface area contributed by atoms with Crippen molar-refractivity contribution in [2.24, 2.45) is 0 Å². The van der Waals surface area contributed by atoms with Gasteiger partial charge in [-0.05, 0) is 68.4 Å². The predicted octanol–water partition coefficient (Wildman–Crippen LogP) is 4.97. The Morgan fingerprint density at radius 2 is 1.68 bits per heavy atom. The quantitative estimate of drug-likeness (QED) is 0.411. The van der Waals surface area contributed by atoms with Crippen LogP contribution in [0.1, 0.15) is 75.5 Å². The molecule has 1 saturated carbocycles. The fraction of sp³-hybridized carbons (Fsp3) is 0.533. The average molecular weight is 542 g/mol. The highest BCUT2D eigenvalue weighted by atomic mass is 32.2. The second-order valence-electron chi connectivity index (χ2n) is 10.4. The highest BCUT2D eigenvalue weighted by Gasteiger charge is 2.28. The van der Waals surface area contributed by atoms with Gasteiger partial charge in [-0.1, -0.05) is 62.6 Å². The Hall–Kier alpha value is -2.87. The molecule has 0 aromatic heterocycles. The van der Waals surface area contributed by atoms with Crippen molar-refractivity contribution < 1.29 is 18.0 Å². The third-order valence-corrected chi connectivity index (χ3v) is 8.70. The van der Waals surface area contributed by atoms with E-state index >= 15 is 0 Å². The van der Waals surface area contributed by atoms with Crippen LogP contribution in [0, 0.1) is 6.92 Å². The Morgan fingerprint density at radius 3 is 2.29 bits per heavy atom. The summed E-state index contributed by atoms with van der Waals surface area (Å²) in [6, 6.07) is 14.9. The Morgan fingerprint density at radius 1 is 1.03 bits per heavy atom. The fourth-order valence-corrected chi connectivity index (χ4v) is 5.99. The van der Waals surface area contributed by atoms with E-state index in [-0.39, 0.29) is 30.8 Å². The van der Waals surface area contributed by atoms with Gasteiger partial charge >= 0.3 is 0 Å². The lowest BCUT2D eigenvalue weighted by molar-refractivity contribution is -0.141. The van der Waals surface area contributed by atoms with Crippen LogP contribution in [0.5, 0.6) is 0 Å². The summed E-state index contributed by atoms with van der Waals surface area (Å²) >= 11 is 0. The zero-order valence-corrected chi connectivity index (χ0v) is 24.1. The van der Waals surface area contributed by atoms with Crippen molar-refractivity contribution in [2.45, 2.75) is 90.8 Å². The molecule has 1 N–H and O–H groups in total. The second kappa shape index (κ2) is 13.8. The maximum atomic E-state index is 13.5. The molecule has 1 atom stereocenters. The lowest BCUT2D eigenvalue weighted by Crippen LogP contribution is -2.50. The number of anilines is 1. The molecule has 3 rings (SSSR count). The van der Waals surface area contributed by atoms with Crippen LogP contribution in [0.15, 0.2) is 48.5 Å². The molecule has 2 aromatic carbocycles. The maximum absolute atomic E-state index is 13.5. The summed E-state index contributed by atoms with van der Waals surface area (Å²) in [5.74, 6) is -0.290. The lowest BCUT2D eigenvalue weighted by atomic mass is 9.95. The number of carbonyl (C=O) groups is 2. The molecule has 0 unspecified atom stereocenters. The van der Waals surface area contributed by atoms with E-state index in [0.717, 1.165) is 48.8 Å². The first-order valence-electron chi connectivity index (χ1n) is 13.8. The first-order chi connectivity index (χ1) is 18.1. The molecule has 0 bridgehead atoms. The van der Waals surface area contributed by atoms with Crippen molar-refractivity contribution >= 4 is 27.5 Å². The van der Waals surface area contributed by atoms with Crippen molar-refractivity contribution in [3.8, 4) is 0 Å². The molecule has 0 aliphatic heterocycles. The first kappa shape index (κ1) is 29.7. The molecule has 0 saturated heterocycles. The smallest absolute Gasteiger partial charge is 0.242 e. The van der Waals surface area contributed by atoms with Crippen molar-refractivity contribution in [1.82, 2.24) is 10.2 Å². The van der Waals surface area contributed by atoms with Crippen LogP contribution >= 0.6 is 0 Å². The molecule has 8 heteroatoms. The topological polar surface area (TPSA) is 86.8 Å². The largest absolute Gasteiger partial charge is 0.352 e. The lowest BCUT2D eigenvalue weighted by Gasteiger charge is -2.32. The highest BCUT2D eigenvalue weighted by molar-refractivity contribution is 7.92. The van der Waals surface area contributed by atoms with Crippen LogP contribution in [0.25, 0.3) is 0 Å². The molecule has 1 aliphatic carbocycles. The van der Waals surface area contributed by atoms with E-state index in [9.17, 15) is 18.0 Å². The molecule has 2 aromatic rings. The summed E-state index contributed by atoms with van der Waals surface area (Å²) in [6.45, 7) is 6.36. The third kappa shape index (κ3) is 8.32. The van der Waals surface area contributed by atoms with Gasteiger partial charge in [0.25, 0.3) is 0 Å². The Kier molecular flexibility index (Phi) is 10.8. The number of hydrogen-bond donors (Lipinski definition) is 1. The Balaban J connectivity index is 1.71. The van der Waals surface area contributed by atoms with Gasteiger partial charge < -0.3 is 10.2 Å². The molecule has 0 heterocycles. The zero-order valence-electron chi connectivity index (χ0n) is 23.3. The number of aryl methyl sites for hydroxylation is 2. The van der Waals surface area contributed by atoms with Crippen LogP contribution in [-0.4, -0.2) is 50.0 Å². The number of rotatable bonds is 12. The number of nitrogens with zero attached hydrogens (tertiary/aromatic N) is 2. The number of hydrogen-bond acceptors (Lipinski definition) is 4. The minimum absolute atomic E-state index is 0.132. The summed E-state index contributed by atoms with van der Waals surface area (Å²) in [5, 5.41) is 3.16. The molecule has 2 amide bonds. The Bertz CT molecular complexity index is 1170. The van der Waals surface area contributed by atoms with E-state index in [1.165, 1.54) is 17.0 Å². The van der Waals surface area contributed by atoms with E-state index in [1.54, 1.807) is 11.8 Å². The number of nitrogens with one attached hydrogen (secondary N) is 1. The van der Waals surface area contributed by atoms with Crippen LogP contribution < -0.4 is 9.62 Å². The van der Waals surface area contributed by atoms with E-state index in [1.807, 2.05) is 62.4 Å². The summed E-state index contributed by atoms with van der Waals surface area (Å²) in [5.41, 5.74) is 3.77. The first-order valence-corrected chi connectivity index (χ1v) is 15.7. The summed E-state index contributed by atoms with van der Waals surface area (Å²) in [4.78, 5) is 28.4. The minimum Gasteiger partial charge on any atom is -0.352 e. The molecule has 38 heavy (non-hydrogen) atoms. The van der Waals surface area contributed by atoms with Gasteiger partial charge in [-0.15, -0.1) is 0 Å². The molecule has 7 nitrogen and oxygen atoms in total. The highest BCUT2D eigenvalue weighted by Crippen LogP contribution is 2.21. The SMILES string of the molecule is CCc1ccc(N(CCCC(=O)N(Cc2ccccc2C)[C@@H](C)C(=O)NC2CCCCC2)S(C)(=O)=O)cc1. The van der Waals surface area contributed by atoms with Gasteiger partial charge in [-0.25, -0.2) is 8.42 Å². The Labute approximate surface area is 228 Å². The molecular weight excluding hydrogens is 498 g/mol. The van der Waals surface area contributed by atoms with Crippen molar-refractivity contribution in [1.29, 1.82) is 0 Å². The van der Waals surface area contributed by atoms with E-state index in [0.29, 0.717) is 18.7 Å². The number of benzene rings is 2. The summed E-state index contributed by atoms with van der Waals surface area (Å²) in [7, 11) is -3.51. The minimum atomic E-state index is -3.51. The maximum Gasteiger partial charge on any atom is 0.242 e. The fourth-order valence-electron chi connectivity index (χ4n) is 5.02. The number of amides is 2. The number of carbonyl (C=O) groups excluding carboxylic acids is 2. The van der Waals surface area contributed by atoms with E-state index < -0.39 is 16.1 Å². The van der Waals surface area contributed by atoms with Crippen LogP contribution in [-0.2, 0) is 32.6 Å². The van der Waals surface area contributed by atoms with Crippen molar-refractivity contribution in [3.05, 3.63) is 65.2 Å². The van der Waals surface area contributed by atoms with Crippen molar-refractivity contribution in [2.75, 3.05) is 17.1 Å². The average Bonchev–Trinajstić information content (AvgIpc) is 2.90. The van der Waals surface area contributed by atoms with Crippen LogP contribution in [0.2, 0.25) is 0 Å². The third-order valence-electron chi connectivity index (χ3n) is 7.51. The standard InChI is InChI=1S/C30H43N3O4S/c1-5-25-17-19-28(20-18-25)33(38(4,36)37)21-11-16-29(34)32(22-26-13-10-9-12-23(26)2)24(3)30(35)31-27-14-7-6-8-15-27/h9-10,12-13,17-20,24,27H,5-8,11,14-16,21-22H2,1-4H3,(H,31,35)/t24-/m0/s1.